The van der Waals surface area contributed by atoms with Gasteiger partial charge in [0.05, 0.1) is 48.9 Å². The van der Waals surface area contributed by atoms with Gasteiger partial charge in [0.1, 0.15) is 18.3 Å². The zero-order valence-electron chi connectivity index (χ0n) is 36.2. The fourth-order valence-electron chi connectivity index (χ4n) is 8.93. The highest BCUT2D eigenvalue weighted by molar-refractivity contribution is 5.92. The van der Waals surface area contributed by atoms with E-state index in [4.69, 9.17) is 47.4 Å². The van der Waals surface area contributed by atoms with Crippen LogP contribution in [-0.2, 0) is 71.3 Å². The first-order chi connectivity index (χ1) is 26.6. The van der Waals surface area contributed by atoms with Crippen molar-refractivity contribution < 1.29 is 71.3 Å². The van der Waals surface area contributed by atoms with E-state index in [2.05, 4.69) is 0 Å². The quantitative estimate of drug-likeness (QED) is 0.187. The minimum Gasteiger partial charge on any atom is -0.462 e. The van der Waals surface area contributed by atoms with Gasteiger partial charge in [-0.15, -0.1) is 0 Å². The van der Waals surface area contributed by atoms with Crippen LogP contribution in [0.3, 0.4) is 0 Å². The molecule has 16 nitrogen and oxygen atoms in total. The topological polar surface area (TPSA) is 184 Å². The van der Waals surface area contributed by atoms with Gasteiger partial charge in [-0.05, 0) is 60.5 Å². The Hall–Kier alpha value is -2.73. The van der Waals surface area contributed by atoms with Crippen molar-refractivity contribution in [3.63, 3.8) is 0 Å². The lowest BCUT2D eigenvalue weighted by atomic mass is 9.76. The van der Waals surface area contributed by atoms with Crippen molar-refractivity contribution in [3.05, 3.63) is 0 Å². The molecule has 0 aromatic heterocycles. The summed E-state index contributed by atoms with van der Waals surface area (Å²) >= 11 is 0. The molecule has 0 bridgehead atoms. The Kier molecular flexibility index (Phi) is 16.1. The fourth-order valence-corrected chi connectivity index (χ4v) is 8.93. The Balaban J connectivity index is 1.82. The molecule has 4 rings (SSSR count). The van der Waals surface area contributed by atoms with E-state index in [1.54, 1.807) is 34.6 Å². The molecular formula is C41H67NO15. The van der Waals surface area contributed by atoms with Gasteiger partial charge in [-0.2, -0.15) is 0 Å². The SMILES string of the molecule is CO[C@H]1C[C@H](O[C@H]2[C@H](C)[C@@H](O[C@@H]3O[C@H](C)C[C@H](N(C)C)[C@H]3OC(C)=O)[C@@H](C)C[C@@]3(CO3)C(=O)[C@H](C)[C@H](OC(C)=O)[C@@H](C)[C@@H](C)OC(=O)[C@@H]2C)O[C@@H](C)[C@@H]1OC(C)=O. The lowest BCUT2D eigenvalue weighted by Gasteiger charge is -2.46. The molecule has 4 aliphatic rings. The second kappa shape index (κ2) is 19.6. The molecule has 16 heteroatoms. The van der Waals surface area contributed by atoms with Gasteiger partial charge >= 0.3 is 23.9 Å². The highest BCUT2D eigenvalue weighted by Gasteiger charge is 2.58. The van der Waals surface area contributed by atoms with Crippen molar-refractivity contribution in [3.8, 4) is 0 Å². The third-order valence-corrected chi connectivity index (χ3v) is 12.2. The largest absolute Gasteiger partial charge is 0.462 e. The molecule has 4 aliphatic heterocycles. The van der Waals surface area contributed by atoms with E-state index >= 15 is 0 Å². The van der Waals surface area contributed by atoms with Crippen LogP contribution in [0.2, 0.25) is 0 Å². The molecule has 0 N–H and O–H groups in total. The maximum atomic E-state index is 14.4. The number of nitrogens with zero attached hydrogens (tertiary/aromatic N) is 1. The van der Waals surface area contributed by atoms with Crippen molar-refractivity contribution >= 4 is 29.7 Å². The molecule has 4 heterocycles. The maximum absolute atomic E-state index is 14.4. The number of Topliss-reactive ketones (excluding diaryl/α,β-unsaturated/α-hetero) is 1. The van der Waals surface area contributed by atoms with Crippen molar-refractivity contribution in [1.29, 1.82) is 0 Å². The number of likely N-dealkylation sites (N-methyl/N-ethyl adjacent to an activating group) is 1. The maximum Gasteiger partial charge on any atom is 0.311 e. The highest BCUT2D eigenvalue weighted by atomic mass is 16.7. The summed E-state index contributed by atoms with van der Waals surface area (Å²) in [6.45, 7) is 18.5. The summed E-state index contributed by atoms with van der Waals surface area (Å²) in [4.78, 5) is 67.4. The predicted molar refractivity (Wildman–Crippen MR) is 202 cm³/mol. The molecule has 4 fully saturated rings. The Morgan fingerprint density at radius 3 is 1.82 bits per heavy atom. The smallest absolute Gasteiger partial charge is 0.311 e. The number of carbonyl (C=O) groups is 5. The number of cyclic esters (lactones) is 1. The number of esters is 4. The Morgan fingerprint density at radius 2 is 1.28 bits per heavy atom. The lowest BCUT2D eigenvalue weighted by molar-refractivity contribution is -0.301. The van der Waals surface area contributed by atoms with Crippen molar-refractivity contribution in [2.75, 3.05) is 27.8 Å². The highest BCUT2D eigenvalue weighted by Crippen LogP contribution is 2.44. The van der Waals surface area contributed by atoms with Crippen LogP contribution >= 0.6 is 0 Å². The Morgan fingerprint density at radius 1 is 0.702 bits per heavy atom. The van der Waals surface area contributed by atoms with E-state index in [1.807, 2.05) is 39.8 Å². The molecular weight excluding hydrogens is 746 g/mol. The van der Waals surface area contributed by atoms with Gasteiger partial charge in [-0.25, -0.2) is 0 Å². The van der Waals surface area contributed by atoms with E-state index in [0.717, 1.165) is 0 Å². The standard InChI is InChI=1S/C41H67NO15/c1-19-17-41(18-49-41)38(46)23(5)34(53-27(9)43)21(3)25(7)52-39(47)24(6)35(56-32-16-31(48-14)36(26(8)51-32)54-28(10)44)22(4)33(19)57-40-37(55-29(11)45)30(42(12)13)15-20(2)50-40/h19-26,30-37,40H,15-18H2,1-14H3/t19-,20+,21-,22+,23+,24+,25+,26-,30-,31-,32-,33-,34+,35-,36-,37+,40-,41+/m0/s1. The zero-order chi connectivity index (χ0) is 42.7. The van der Waals surface area contributed by atoms with Gasteiger partial charge < -0.3 is 52.3 Å². The number of hydrogen-bond acceptors (Lipinski definition) is 16. The first-order valence-corrected chi connectivity index (χ1v) is 20.3. The second-order valence-electron chi connectivity index (χ2n) is 17.1. The summed E-state index contributed by atoms with van der Waals surface area (Å²) in [6.07, 6.45) is -7.35. The average molecular weight is 814 g/mol. The molecule has 326 valence electrons. The van der Waals surface area contributed by atoms with E-state index in [0.29, 0.717) is 6.42 Å². The van der Waals surface area contributed by atoms with Crippen molar-refractivity contribution in [2.45, 2.75) is 175 Å². The molecule has 0 unspecified atom stereocenters. The Bertz CT molecular complexity index is 1420. The molecule has 1 spiro atoms. The first kappa shape index (κ1) is 47.0. The summed E-state index contributed by atoms with van der Waals surface area (Å²) in [7, 11) is 5.31. The number of rotatable bonds is 9. The summed E-state index contributed by atoms with van der Waals surface area (Å²) in [6, 6.07) is -0.247. The predicted octanol–water partition coefficient (Wildman–Crippen LogP) is 3.62. The summed E-state index contributed by atoms with van der Waals surface area (Å²) in [5.74, 6) is -5.69. The van der Waals surface area contributed by atoms with Crippen LogP contribution in [0.25, 0.3) is 0 Å². The molecule has 18 atom stereocenters. The van der Waals surface area contributed by atoms with Crippen LogP contribution in [0, 0.1) is 29.6 Å². The zero-order valence-corrected chi connectivity index (χ0v) is 36.2. The molecule has 0 amide bonds. The van der Waals surface area contributed by atoms with E-state index < -0.39 is 120 Å². The van der Waals surface area contributed by atoms with E-state index in [-0.39, 0.29) is 37.4 Å². The van der Waals surface area contributed by atoms with Crippen LogP contribution in [-0.4, -0.2) is 142 Å². The fraction of sp³-hybridized carbons (Fsp3) is 0.878. The van der Waals surface area contributed by atoms with E-state index in [9.17, 15) is 24.0 Å². The molecule has 0 saturated carbocycles. The second-order valence-corrected chi connectivity index (χ2v) is 17.1. The first-order valence-electron chi connectivity index (χ1n) is 20.3. The van der Waals surface area contributed by atoms with Gasteiger partial charge in [0.25, 0.3) is 0 Å². The monoisotopic (exact) mass is 813 g/mol. The van der Waals surface area contributed by atoms with Gasteiger partial charge in [0.2, 0.25) is 0 Å². The molecule has 0 aliphatic carbocycles. The van der Waals surface area contributed by atoms with Crippen LogP contribution in [0.15, 0.2) is 0 Å². The van der Waals surface area contributed by atoms with Crippen LogP contribution in [0.4, 0.5) is 0 Å². The van der Waals surface area contributed by atoms with Crippen LogP contribution in [0.1, 0.15) is 95.4 Å². The number of methoxy groups -OCH3 is 1. The Labute approximate surface area is 337 Å². The minimum atomic E-state index is -1.19. The van der Waals surface area contributed by atoms with Crippen LogP contribution < -0.4 is 0 Å². The van der Waals surface area contributed by atoms with E-state index in [1.165, 1.54) is 27.9 Å². The molecule has 57 heavy (non-hydrogen) atoms. The third-order valence-electron chi connectivity index (χ3n) is 12.2. The molecule has 0 radical (unpaired) electrons. The normalized spacial score (nSPS) is 43.5. The van der Waals surface area contributed by atoms with Gasteiger partial charge in [-0.1, -0.05) is 27.7 Å². The summed E-state index contributed by atoms with van der Waals surface area (Å²) in [5, 5.41) is 0. The number of ketones is 1. The minimum absolute atomic E-state index is 0.162. The van der Waals surface area contributed by atoms with Gasteiger partial charge in [0, 0.05) is 46.1 Å². The number of hydrogen-bond donors (Lipinski definition) is 0. The van der Waals surface area contributed by atoms with Gasteiger partial charge in [0.15, 0.2) is 36.2 Å². The average Bonchev–Trinajstić information content (AvgIpc) is 3.91. The molecule has 0 aromatic carbocycles. The third kappa shape index (κ3) is 11.3. The lowest BCUT2D eigenvalue weighted by Crippen LogP contribution is -2.58. The number of carbonyl (C=O) groups excluding carboxylic acids is 5. The van der Waals surface area contributed by atoms with Crippen molar-refractivity contribution in [2.24, 2.45) is 29.6 Å². The molecule has 4 saturated heterocycles. The van der Waals surface area contributed by atoms with Gasteiger partial charge in [-0.3, -0.25) is 24.0 Å². The number of ether oxygens (including phenoxy) is 10. The van der Waals surface area contributed by atoms with Crippen LogP contribution in [0.5, 0.6) is 0 Å². The summed E-state index contributed by atoms with van der Waals surface area (Å²) < 4.78 is 61.5. The summed E-state index contributed by atoms with van der Waals surface area (Å²) in [5.41, 5.74) is -1.19. The van der Waals surface area contributed by atoms with Crippen molar-refractivity contribution in [1.82, 2.24) is 4.90 Å². The molecule has 0 aromatic rings. The number of epoxide rings is 1.